The van der Waals surface area contributed by atoms with Gasteiger partial charge in [0.25, 0.3) is 0 Å². The minimum Gasteiger partial charge on any atom is -0.492 e. The second kappa shape index (κ2) is 5.74. The van der Waals surface area contributed by atoms with Gasteiger partial charge in [0.1, 0.15) is 18.1 Å². The summed E-state index contributed by atoms with van der Waals surface area (Å²) in [5.41, 5.74) is 1.24. The zero-order valence-corrected chi connectivity index (χ0v) is 11.3. The molecule has 1 saturated carbocycles. The SMILES string of the molecule is O=C1CCCCC1CN1CCOc2ccccc2C1. The number of benzene rings is 1. The summed E-state index contributed by atoms with van der Waals surface area (Å²) in [6.45, 7) is 3.44. The number of rotatable bonds is 2. The van der Waals surface area contributed by atoms with E-state index in [-0.39, 0.29) is 5.92 Å². The monoisotopic (exact) mass is 259 g/mol. The van der Waals surface area contributed by atoms with E-state index < -0.39 is 0 Å². The summed E-state index contributed by atoms with van der Waals surface area (Å²) >= 11 is 0. The Morgan fingerprint density at radius 1 is 1.26 bits per heavy atom. The molecule has 3 nitrogen and oxygen atoms in total. The number of para-hydroxylation sites is 1. The molecule has 1 heterocycles. The third-order valence-corrected chi connectivity index (χ3v) is 4.19. The van der Waals surface area contributed by atoms with Crippen LogP contribution >= 0.6 is 0 Å². The van der Waals surface area contributed by atoms with Crippen LogP contribution in [0.5, 0.6) is 5.75 Å². The first-order chi connectivity index (χ1) is 9.33. The number of carbonyl (C=O) groups excluding carboxylic acids is 1. The van der Waals surface area contributed by atoms with Gasteiger partial charge in [-0.25, -0.2) is 0 Å². The minimum atomic E-state index is 0.249. The number of ether oxygens (including phenoxy) is 1. The van der Waals surface area contributed by atoms with Crippen LogP contribution in [0.3, 0.4) is 0 Å². The number of hydrogen-bond donors (Lipinski definition) is 0. The zero-order chi connectivity index (χ0) is 13.1. The molecule has 1 aromatic carbocycles. The molecule has 102 valence electrons. The molecule has 3 rings (SSSR count). The largest absolute Gasteiger partial charge is 0.492 e. The lowest BCUT2D eigenvalue weighted by atomic mass is 9.87. The lowest BCUT2D eigenvalue weighted by molar-refractivity contribution is -0.125. The van der Waals surface area contributed by atoms with E-state index in [1.54, 1.807) is 0 Å². The molecular weight excluding hydrogens is 238 g/mol. The van der Waals surface area contributed by atoms with E-state index in [1.807, 2.05) is 12.1 Å². The van der Waals surface area contributed by atoms with Crippen LogP contribution in [0.1, 0.15) is 31.2 Å². The molecule has 1 fully saturated rings. The number of nitrogens with zero attached hydrogens (tertiary/aromatic N) is 1. The van der Waals surface area contributed by atoms with Gasteiger partial charge in [0.15, 0.2) is 0 Å². The summed E-state index contributed by atoms with van der Waals surface area (Å²) in [4.78, 5) is 14.3. The molecule has 1 atom stereocenters. The standard InChI is InChI=1S/C16H21NO2/c18-15-7-3-1-5-13(15)11-17-9-10-19-16-8-4-2-6-14(16)12-17/h2,4,6,8,13H,1,3,5,7,9-12H2. The van der Waals surface area contributed by atoms with Crippen LogP contribution in [0, 0.1) is 5.92 Å². The summed E-state index contributed by atoms with van der Waals surface area (Å²) in [7, 11) is 0. The zero-order valence-electron chi connectivity index (χ0n) is 11.3. The smallest absolute Gasteiger partial charge is 0.137 e. The van der Waals surface area contributed by atoms with Crippen molar-refractivity contribution in [3.05, 3.63) is 29.8 Å². The molecule has 19 heavy (non-hydrogen) atoms. The molecule has 1 aliphatic carbocycles. The highest BCUT2D eigenvalue weighted by Crippen LogP contribution is 2.26. The highest BCUT2D eigenvalue weighted by atomic mass is 16.5. The van der Waals surface area contributed by atoms with E-state index in [4.69, 9.17) is 4.74 Å². The molecule has 1 aliphatic heterocycles. The number of carbonyl (C=O) groups is 1. The molecule has 0 aromatic heterocycles. The van der Waals surface area contributed by atoms with E-state index >= 15 is 0 Å². The Bertz CT molecular complexity index is 458. The number of hydrogen-bond acceptors (Lipinski definition) is 3. The van der Waals surface area contributed by atoms with E-state index in [9.17, 15) is 4.79 Å². The Morgan fingerprint density at radius 2 is 2.16 bits per heavy atom. The summed E-state index contributed by atoms with van der Waals surface area (Å²) in [5, 5.41) is 0. The van der Waals surface area contributed by atoms with Crippen LogP contribution in [-0.4, -0.2) is 30.4 Å². The normalized spacial score (nSPS) is 24.4. The van der Waals surface area contributed by atoms with Crippen molar-refractivity contribution in [3.8, 4) is 5.75 Å². The van der Waals surface area contributed by atoms with Gasteiger partial charge >= 0.3 is 0 Å². The van der Waals surface area contributed by atoms with Crippen molar-refractivity contribution in [2.75, 3.05) is 19.7 Å². The lowest BCUT2D eigenvalue weighted by Crippen LogP contribution is -2.35. The highest BCUT2D eigenvalue weighted by molar-refractivity contribution is 5.81. The van der Waals surface area contributed by atoms with Crippen molar-refractivity contribution in [3.63, 3.8) is 0 Å². The Balaban J connectivity index is 1.67. The first kappa shape index (κ1) is 12.7. The fourth-order valence-electron chi connectivity index (χ4n) is 3.10. The molecule has 0 N–H and O–H groups in total. The third-order valence-electron chi connectivity index (χ3n) is 4.19. The van der Waals surface area contributed by atoms with Gasteiger partial charge in [-0.05, 0) is 18.9 Å². The Kier molecular flexibility index (Phi) is 3.83. The third kappa shape index (κ3) is 2.98. The van der Waals surface area contributed by atoms with Gasteiger partial charge in [-0.15, -0.1) is 0 Å². The van der Waals surface area contributed by atoms with Crippen LogP contribution < -0.4 is 4.74 Å². The molecular formula is C16H21NO2. The van der Waals surface area contributed by atoms with Gasteiger partial charge < -0.3 is 4.74 Å². The van der Waals surface area contributed by atoms with E-state index in [0.29, 0.717) is 5.78 Å². The average molecular weight is 259 g/mol. The predicted octanol–water partition coefficient (Wildman–Crippen LogP) is 2.64. The maximum atomic E-state index is 11.9. The quantitative estimate of drug-likeness (QED) is 0.817. The molecule has 1 unspecified atom stereocenters. The second-order valence-corrected chi connectivity index (χ2v) is 5.60. The second-order valence-electron chi connectivity index (χ2n) is 5.60. The van der Waals surface area contributed by atoms with Crippen LogP contribution in [0.4, 0.5) is 0 Å². The van der Waals surface area contributed by atoms with Crippen LogP contribution in [0.25, 0.3) is 0 Å². The molecule has 0 amide bonds. The summed E-state index contributed by atoms with van der Waals surface area (Å²) in [6, 6.07) is 8.22. The lowest BCUT2D eigenvalue weighted by Gasteiger charge is -2.27. The van der Waals surface area contributed by atoms with Gasteiger partial charge in [-0.2, -0.15) is 0 Å². The van der Waals surface area contributed by atoms with Crippen LogP contribution in [-0.2, 0) is 11.3 Å². The van der Waals surface area contributed by atoms with Crippen molar-refractivity contribution in [1.29, 1.82) is 0 Å². The molecule has 3 heteroatoms. The van der Waals surface area contributed by atoms with Crippen molar-refractivity contribution in [2.24, 2.45) is 5.92 Å². The Morgan fingerprint density at radius 3 is 3.05 bits per heavy atom. The first-order valence-corrected chi connectivity index (χ1v) is 7.29. The van der Waals surface area contributed by atoms with E-state index in [0.717, 1.165) is 51.3 Å². The van der Waals surface area contributed by atoms with E-state index in [2.05, 4.69) is 17.0 Å². The molecule has 0 bridgehead atoms. The molecule has 0 radical (unpaired) electrons. The summed E-state index contributed by atoms with van der Waals surface area (Å²) in [6.07, 6.45) is 4.14. The van der Waals surface area contributed by atoms with Gasteiger partial charge in [0, 0.05) is 37.5 Å². The predicted molar refractivity (Wildman–Crippen MR) is 74.2 cm³/mol. The van der Waals surface area contributed by atoms with Crippen molar-refractivity contribution in [2.45, 2.75) is 32.2 Å². The highest BCUT2D eigenvalue weighted by Gasteiger charge is 2.25. The molecule has 0 spiro atoms. The molecule has 2 aliphatic rings. The van der Waals surface area contributed by atoms with Crippen LogP contribution in [0.2, 0.25) is 0 Å². The maximum absolute atomic E-state index is 11.9. The Labute approximate surface area is 114 Å². The van der Waals surface area contributed by atoms with Gasteiger partial charge in [-0.1, -0.05) is 24.6 Å². The average Bonchev–Trinajstić information content (AvgIpc) is 2.63. The molecule has 1 aromatic rings. The number of Topliss-reactive ketones (excluding diaryl/α,β-unsaturated/α-hetero) is 1. The maximum Gasteiger partial charge on any atom is 0.137 e. The van der Waals surface area contributed by atoms with Crippen molar-refractivity contribution >= 4 is 5.78 Å². The Hall–Kier alpha value is -1.35. The van der Waals surface area contributed by atoms with Crippen LogP contribution in [0.15, 0.2) is 24.3 Å². The fourth-order valence-corrected chi connectivity index (χ4v) is 3.10. The minimum absolute atomic E-state index is 0.249. The van der Waals surface area contributed by atoms with Gasteiger partial charge in [0.2, 0.25) is 0 Å². The van der Waals surface area contributed by atoms with Crippen molar-refractivity contribution < 1.29 is 9.53 Å². The fraction of sp³-hybridized carbons (Fsp3) is 0.562. The number of fused-ring (bicyclic) bond motifs is 1. The van der Waals surface area contributed by atoms with Gasteiger partial charge in [0.05, 0.1) is 0 Å². The topological polar surface area (TPSA) is 29.5 Å². The molecule has 0 saturated heterocycles. The number of ketones is 1. The van der Waals surface area contributed by atoms with Gasteiger partial charge in [-0.3, -0.25) is 9.69 Å². The summed E-state index contributed by atoms with van der Waals surface area (Å²) < 4.78 is 5.77. The first-order valence-electron chi connectivity index (χ1n) is 7.29. The van der Waals surface area contributed by atoms with E-state index in [1.165, 1.54) is 12.0 Å². The van der Waals surface area contributed by atoms with Crippen molar-refractivity contribution in [1.82, 2.24) is 4.90 Å². The summed E-state index contributed by atoms with van der Waals surface area (Å²) in [5.74, 6) is 1.71.